The molecule has 0 N–H and O–H groups in total. The van der Waals surface area contributed by atoms with E-state index in [0.717, 1.165) is 6.07 Å². The van der Waals surface area contributed by atoms with Crippen molar-refractivity contribution < 1.29 is 47.3 Å². The number of carbonyl (C=O) groups excluding carboxylic acids is 1. The van der Waals surface area contributed by atoms with E-state index in [2.05, 4.69) is 0 Å². The van der Waals surface area contributed by atoms with Crippen LogP contribution in [0.25, 0.3) is 0 Å². The molecule has 0 fully saturated rings. The Morgan fingerprint density at radius 3 is 2.05 bits per heavy atom. The van der Waals surface area contributed by atoms with Crippen LogP contribution in [-0.2, 0) is 10.1 Å². The van der Waals surface area contributed by atoms with Crippen LogP contribution in [0.3, 0.4) is 0 Å². The van der Waals surface area contributed by atoms with Gasteiger partial charge in [-0.15, -0.1) is 0 Å². The fourth-order valence-corrected chi connectivity index (χ4v) is 2.07. The molecule has 0 aromatic heterocycles. The second-order valence-corrected chi connectivity index (χ2v) is 5.06. The van der Waals surface area contributed by atoms with Gasteiger partial charge in [0.15, 0.2) is 5.78 Å². The summed E-state index contributed by atoms with van der Waals surface area (Å²) in [5, 5.41) is 0. The Bertz CT molecular complexity index is 681. The normalized spacial score (nSPS) is 10.6. The minimum Gasteiger partial charge on any atom is -0.744 e. The SMILES string of the molecule is O=C(c1ccccc1)c1cccc(S(=O)(=O)[O-])c1.[Na+]. The first-order chi connectivity index (χ1) is 8.48. The summed E-state index contributed by atoms with van der Waals surface area (Å²) in [7, 11) is -4.54. The first-order valence-electron chi connectivity index (χ1n) is 5.14. The Morgan fingerprint density at radius 2 is 1.47 bits per heavy atom. The van der Waals surface area contributed by atoms with Crippen LogP contribution in [0.15, 0.2) is 59.5 Å². The number of hydrogen-bond donors (Lipinski definition) is 0. The van der Waals surface area contributed by atoms with E-state index in [-0.39, 0.29) is 40.9 Å². The zero-order chi connectivity index (χ0) is 13.2. The van der Waals surface area contributed by atoms with E-state index < -0.39 is 15.0 Å². The maximum atomic E-state index is 12.0. The second-order valence-electron chi connectivity index (χ2n) is 3.68. The quantitative estimate of drug-likeness (QED) is 0.404. The zero-order valence-electron chi connectivity index (χ0n) is 10.2. The molecule has 0 atom stereocenters. The van der Waals surface area contributed by atoms with Crippen molar-refractivity contribution in [2.75, 3.05) is 0 Å². The Kier molecular flexibility index (Phi) is 5.46. The molecule has 0 amide bonds. The predicted molar refractivity (Wildman–Crippen MR) is 64.3 cm³/mol. The number of benzene rings is 2. The first kappa shape index (κ1) is 16.1. The molecule has 0 heterocycles. The fourth-order valence-electron chi connectivity index (χ4n) is 1.55. The van der Waals surface area contributed by atoms with Gasteiger partial charge < -0.3 is 4.55 Å². The van der Waals surface area contributed by atoms with E-state index in [1.165, 1.54) is 18.2 Å². The molecule has 0 radical (unpaired) electrons. The van der Waals surface area contributed by atoms with Crippen LogP contribution in [-0.4, -0.2) is 18.8 Å². The van der Waals surface area contributed by atoms with Gasteiger partial charge in [0, 0.05) is 11.1 Å². The molecule has 92 valence electrons. The van der Waals surface area contributed by atoms with Gasteiger partial charge in [0.25, 0.3) is 0 Å². The van der Waals surface area contributed by atoms with Gasteiger partial charge in [-0.1, -0.05) is 42.5 Å². The van der Waals surface area contributed by atoms with Crippen LogP contribution >= 0.6 is 0 Å². The van der Waals surface area contributed by atoms with E-state index in [1.54, 1.807) is 30.3 Å². The molecule has 0 spiro atoms. The molecule has 2 rings (SSSR count). The van der Waals surface area contributed by atoms with Crippen LogP contribution < -0.4 is 29.6 Å². The molecular formula is C13H9NaO4S. The average Bonchev–Trinajstić information content (AvgIpc) is 2.38. The summed E-state index contributed by atoms with van der Waals surface area (Å²) < 4.78 is 32.6. The number of hydrogen-bond acceptors (Lipinski definition) is 4. The molecule has 0 aliphatic rings. The smallest absolute Gasteiger partial charge is 0.744 e. The molecular weight excluding hydrogens is 275 g/mol. The van der Waals surface area contributed by atoms with Gasteiger partial charge in [0.05, 0.1) is 4.90 Å². The molecule has 19 heavy (non-hydrogen) atoms. The maximum absolute atomic E-state index is 12.0. The minimum atomic E-state index is -4.54. The van der Waals surface area contributed by atoms with E-state index in [4.69, 9.17) is 0 Å². The van der Waals surface area contributed by atoms with Crippen molar-refractivity contribution in [3.63, 3.8) is 0 Å². The van der Waals surface area contributed by atoms with Crippen molar-refractivity contribution in [3.05, 3.63) is 65.7 Å². The second kappa shape index (κ2) is 6.45. The first-order valence-corrected chi connectivity index (χ1v) is 6.55. The third kappa shape index (κ3) is 3.99. The van der Waals surface area contributed by atoms with Gasteiger partial charge in [-0.2, -0.15) is 0 Å². The molecule has 0 unspecified atom stereocenters. The van der Waals surface area contributed by atoms with Crippen LogP contribution in [0.5, 0.6) is 0 Å². The van der Waals surface area contributed by atoms with E-state index in [0.29, 0.717) is 5.56 Å². The molecule has 0 aliphatic carbocycles. The summed E-state index contributed by atoms with van der Waals surface area (Å²) in [5.41, 5.74) is 0.621. The van der Waals surface area contributed by atoms with Crippen molar-refractivity contribution in [3.8, 4) is 0 Å². The number of carbonyl (C=O) groups is 1. The summed E-state index contributed by atoms with van der Waals surface area (Å²) in [5.74, 6) is -0.318. The third-order valence-electron chi connectivity index (χ3n) is 2.42. The Labute approximate surface area is 133 Å². The van der Waals surface area contributed by atoms with Gasteiger partial charge in [0.1, 0.15) is 10.1 Å². The summed E-state index contributed by atoms with van der Waals surface area (Å²) in [4.78, 5) is 11.6. The monoisotopic (exact) mass is 284 g/mol. The van der Waals surface area contributed by atoms with E-state index in [1.807, 2.05) is 0 Å². The minimum absolute atomic E-state index is 0. The zero-order valence-corrected chi connectivity index (χ0v) is 13.1. The molecule has 0 aliphatic heterocycles. The molecule has 0 saturated carbocycles. The predicted octanol–water partition coefficient (Wildman–Crippen LogP) is -1.17. The van der Waals surface area contributed by atoms with Crippen molar-refractivity contribution in [2.24, 2.45) is 0 Å². The van der Waals surface area contributed by atoms with Gasteiger partial charge in [-0.05, 0) is 12.1 Å². The Morgan fingerprint density at radius 1 is 0.895 bits per heavy atom. The Hall–Kier alpha value is -0.980. The standard InChI is InChI=1S/C13H10O4S.Na/c14-13(10-5-2-1-3-6-10)11-7-4-8-12(9-11)18(15,16)17;/h1-9H,(H,15,16,17);/q;+1/p-1. The number of rotatable bonds is 3. The molecule has 0 bridgehead atoms. The van der Waals surface area contributed by atoms with Gasteiger partial charge in [-0.25, -0.2) is 8.42 Å². The topological polar surface area (TPSA) is 74.3 Å². The van der Waals surface area contributed by atoms with Crippen LogP contribution in [0.1, 0.15) is 15.9 Å². The molecule has 6 heteroatoms. The molecule has 0 saturated heterocycles. The van der Waals surface area contributed by atoms with Crippen LogP contribution in [0.4, 0.5) is 0 Å². The summed E-state index contributed by atoms with van der Waals surface area (Å²) in [6.07, 6.45) is 0. The van der Waals surface area contributed by atoms with Crippen molar-refractivity contribution in [1.29, 1.82) is 0 Å². The van der Waals surface area contributed by atoms with Crippen molar-refractivity contribution >= 4 is 15.9 Å². The van der Waals surface area contributed by atoms with Gasteiger partial charge in [0.2, 0.25) is 0 Å². The largest absolute Gasteiger partial charge is 1.00 e. The average molecular weight is 284 g/mol. The summed E-state index contributed by atoms with van der Waals surface area (Å²) in [6.45, 7) is 0. The molecule has 2 aromatic carbocycles. The van der Waals surface area contributed by atoms with Crippen molar-refractivity contribution in [2.45, 2.75) is 4.90 Å². The number of ketones is 1. The third-order valence-corrected chi connectivity index (χ3v) is 3.25. The van der Waals surface area contributed by atoms with Gasteiger partial charge in [-0.3, -0.25) is 4.79 Å². The van der Waals surface area contributed by atoms with Crippen LogP contribution in [0, 0.1) is 0 Å². The van der Waals surface area contributed by atoms with E-state index in [9.17, 15) is 17.8 Å². The Balaban J connectivity index is 0.00000180. The molecule has 4 nitrogen and oxygen atoms in total. The molecule has 2 aromatic rings. The maximum Gasteiger partial charge on any atom is 1.00 e. The van der Waals surface area contributed by atoms with Crippen molar-refractivity contribution in [1.82, 2.24) is 0 Å². The van der Waals surface area contributed by atoms with Gasteiger partial charge >= 0.3 is 29.6 Å². The van der Waals surface area contributed by atoms with E-state index >= 15 is 0 Å². The van der Waals surface area contributed by atoms with Crippen LogP contribution in [0.2, 0.25) is 0 Å². The fraction of sp³-hybridized carbons (Fsp3) is 0. The summed E-state index contributed by atoms with van der Waals surface area (Å²) in [6, 6.07) is 13.6. The summed E-state index contributed by atoms with van der Waals surface area (Å²) >= 11 is 0.